The average molecular weight is 279 g/mol. The molecule has 0 fully saturated rings. The third-order valence-corrected chi connectivity index (χ3v) is 2.33. The molecular weight excluding hydrogens is 262 g/mol. The minimum atomic E-state index is -2.09. The molecule has 0 radical (unpaired) electrons. The Hall–Kier alpha value is -1.27. The predicted molar refractivity (Wildman–Crippen MR) is 59.3 cm³/mol. The maximum atomic E-state index is 11.4. The summed E-state index contributed by atoms with van der Waals surface area (Å²) in [6.07, 6.45) is -4.71. The van der Waals surface area contributed by atoms with Crippen molar-refractivity contribution in [3.63, 3.8) is 0 Å². The fourth-order valence-corrected chi connectivity index (χ4v) is 1.23. The molecule has 10 heteroatoms. The van der Waals surface area contributed by atoms with Gasteiger partial charge in [-0.15, -0.1) is 10.7 Å². The number of hydrogen-bond acceptors (Lipinski definition) is 10. The Bertz CT molecular complexity index is 327. The van der Waals surface area contributed by atoms with Crippen LogP contribution in [0.4, 0.5) is 0 Å². The zero-order chi connectivity index (χ0) is 14.4. The summed E-state index contributed by atoms with van der Waals surface area (Å²) >= 11 is 0. The van der Waals surface area contributed by atoms with Crippen LogP contribution >= 0.6 is 0 Å². The molecule has 4 atom stereocenters. The van der Waals surface area contributed by atoms with E-state index in [1.165, 1.54) is 6.20 Å². The van der Waals surface area contributed by atoms with E-state index in [-0.39, 0.29) is 0 Å². The number of hydrogen-bond donors (Lipinski definition) is 7. The lowest BCUT2D eigenvalue weighted by molar-refractivity contribution is -0.214. The number of aliphatic hydroxyl groups excluding tert-OH is 5. The smallest absolute Gasteiger partial charge is 0.365 e. The Morgan fingerprint density at radius 2 is 2.00 bits per heavy atom. The molecule has 1 aliphatic rings. The van der Waals surface area contributed by atoms with Gasteiger partial charge in [-0.3, -0.25) is 0 Å². The van der Waals surface area contributed by atoms with Gasteiger partial charge in [0, 0.05) is 6.54 Å². The second-order valence-electron chi connectivity index (χ2n) is 3.79. The molecule has 0 aliphatic carbocycles. The molecule has 0 aromatic rings. The summed E-state index contributed by atoms with van der Waals surface area (Å²) in [6.45, 7) is -0.332. The van der Waals surface area contributed by atoms with Gasteiger partial charge in [-0.25, -0.2) is 10.2 Å². The van der Waals surface area contributed by atoms with Gasteiger partial charge in [-0.1, -0.05) is 0 Å². The normalized spacial score (nSPS) is 21.6. The van der Waals surface area contributed by atoms with Crippen LogP contribution in [0, 0.1) is 0 Å². The highest BCUT2D eigenvalue weighted by Gasteiger charge is 2.36. The standard InChI is InChI=1S/C9H17N3O7/c13-4-5(14)6(15)7(16)8(17)9(18)19-12-3-1-2-10-11-12/h1,3,5-8,10-11,13-17H,2,4H2. The first-order chi connectivity index (χ1) is 8.97. The molecule has 0 aromatic heterocycles. The third kappa shape index (κ3) is 4.40. The van der Waals surface area contributed by atoms with Crippen LogP contribution in [0.3, 0.4) is 0 Å². The van der Waals surface area contributed by atoms with Crippen molar-refractivity contribution in [3.8, 4) is 0 Å². The Morgan fingerprint density at radius 1 is 1.32 bits per heavy atom. The molecular formula is C9H17N3O7. The molecule has 0 saturated carbocycles. The van der Waals surface area contributed by atoms with Crippen LogP contribution in [0.5, 0.6) is 0 Å². The molecule has 1 aliphatic heterocycles. The molecule has 1 heterocycles. The van der Waals surface area contributed by atoms with Crippen LogP contribution < -0.4 is 11.0 Å². The first-order valence-electron chi connectivity index (χ1n) is 5.46. The van der Waals surface area contributed by atoms with Crippen LogP contribution in [0.2, 0.25) is 0 Å². The van der Waals surface area contributed by atoms with E-state index in [9.17, 15) is 20.1 Å². The van der Waals surface area contributed by atoms with Crippen molar-refractivity contribution in [3.05, 3.63) is 12.3 Å². The van der Waals surface area contributed by atoms with Crippen molar-refractivity contribution in [1.29, 1.82) is 0 Å². The van der Waals surface area contributed by atoms with Crippen molar-refractivity contribution in [2.45, 2.75) is 24.4 Å². The van der Waals surface area contributed by atoms with E-state index < -0.39 is 37.0 Å². The summed E-state index contributed by atoms with van der Waals surface area (Å²) in [7, 11) is 0. The van der Waals surface area contributed by atoms with Crippen LogP contribution in [0.25, 0.3) is 0 Å². The number of nitrogens with zero attached hydrogens (tertiary/aromatic N) is 1. The van der Waals surface area contributed by atoms with E-state index in [0.29, 0.717) is 6.54 Å². The second kappa shape index (κ2) is 7.35. The van der Waals surface area contributed by atoms with Crippen LogP contribution in [-0.4, -0.2) is 74.2 Å². The molecule has 0 bridgehead atoms. The van der Waals surface area contributed by atoms with Crippen molar-refractivity contribution in [1.82, 2.24) is 16.1 Å². The number of hydroxylamine groups is 1. The Kier molecular flexibility index (Phi) is 6.11. The maximum absolute atomic E-state index is 11.4. The molecule has 19 heavy (non-hydrogen) atoms. The fourth-order valence-electron chi connectivity index (χ4n) is 1.23. The topological polar surface area (TPSA) is 155 Å². The SMILES string of the molecule is O=C(ON1C=CCNN1)C(O)C(O)C(O)C(O)CO. The summed E-state index contributed by atoms with van der Waals surface area (Å²) in [5.41, 5.74) is 5.02. The lowest BCUT2D eigenvalue weighted by atomic mass is 10.0. The fraction of sp³-hybridized carbons (Fsp3) is 0.667. The summed E-state index contributed by atoms with van der Waals surface area (Å²) < 4.78 is 0. The zero-order valence-electron chi connectivity index (χ0n) is 9.88. The highest BCUT2D eigenvalue weighted by molar-refractivity contribution is 5.75. The predicted octanol–water partition coefficient (Wildman–Crippen LogP) is -4.28. The van der Waals surface area contributed by atoms with Crippen LogP contribution in [0.1, 0.15) is 0 Å². The molecule has 110 valence electrons. The van der Waals surface area contributed by atoms with Crippen molar-refractivity contribution >= 4 is 5.97 Å². The minimum Gasteiger partial charge on any atom is -0.394 e. The van der Waals surface area contributed by atoms with Gasteiger partial charge >= 0.3 is 5.97 Å². The van der Waals surface area contributed by atoms with Gasteiger partial charge in [0.15, 0.2) is 6.10 Å². The largest absolute Gasteiger partial charge is 0.394 e. The molecule has 7 N–H and O–H groups in total. The van der Waals surface area contributed by atoms with E-state index in [4.69, 9.17) is 10.2 Å². The summed E-state index contributed by atoms with van der Waals surface area (Å²) in [4.78, 5) is 16.0. The molecule has 1 rings (SSSR count). The molecule has 0 spiro atoms. The van der Waals surface area contributed by atoms with Gasteiger partial charge in [-0.2, -0.15) is 0 Å². The molecule has 4 unspecified atom stereocenters. The monoisotopic (exact) mass is 279 g/mol. The first-order valence-corrected chi connectivity index (χ1v) is 5.46. The first kappa shape index (κ1) is 15.8. The van der Waals surface area contributed by atoms with E-state index in [2.05, 4.69) is 15.8 Å². The molecule has 0 saturated heterocycles. The van der Waals surface area contributed by atoms with Gasteiger partial charge in [0.25, 0.3) is 0 Å². The Balaban J connectivity index is 2.50. The summed E-state index contributed by atoms with van der Waals surface area (Å²) in [5.74, 6) is -1.25. The van der Waals surface area contributed by atoms with Crippen LogP contribution in [-0.2, 0) is 9.63 Å². The average Bonchev–Trinajstić information content (AvgIpc) is 2.44. The van der Waals surface area contributed by atoms with Gasteiger partial charge in [0.05, 0.1) is 12.8 Å². The maximum Gasteiger partial charge on any atom is 0.365 e. The third-order valence-electron chi connectivity index (χ3n) is 2.33. The molecule has 0 aromatic carbocycles. The lowest BCUT2D eigenvalue weighted by Crippen LogP contribution is -2.52. The van der Waals surface area contributed by atoms with Crippen molar-refractivity contribution in [2.24, 2.45) is 0 Å². The summed E-state index contributed by atoms with van der Waals surface area (Å²) in [6, 6.07) is 0. The quantitative estimate of drug-likeness (QED) is 0.254. The van der Waals surface area contributed by atoms with Gasteiger partial charge in [0.2, 0.25) is 0 Å². The minimum absolute atomic E-state index is 0.501. The van der Waals surface area contributed by atoms with E-state index >= 15 is 0 Å². The molecule has 10 nitrogen and oxygen atoms in total. The van der Waals surface area contributed by atoms with Gasteiger partial charge < -0.3 is 30.4 Å². The number of aliphatic hydroxyl groups is 5. The van der Waals surface area contributed by atoms with E-state index in [0.717, 1.165) is 5.17 Å². The van der Waals surface area contributed by atoms with Gasteiger partial charge in [-0.05, 0) is 6.08 Å². The van der Waals surface area contributed by atoms with Crippen molar-refractivity contribution in [2.75, 3.05) is 13.2 Å². The number of carbonyl (C=O) groups excluding carboxylic acids is 1. The van der Waals surface area contributed by atoms with Crippen molar-refractivity contribution < 1.29 is 35.2 Å². The summed E-state index contributed by atoms with van der Waals surface area (Å²) in [5, 5.41) is 46.7. The highest BCUT2D eigenvalue weighted by atomic mass is 16.7. The van der Waals surface area contributed by atoms with E-state index in [1.54, 1.807) is 6.08 Å². The van der Waals surface area contributed by atoms with Gasteiger partial charge in [0.1, 0.15) is 18.3 Å². The Morgan fingerprint density at radius 3 is 2.53 bits per heavy atom. The lowest BCUT2D eigenvalue weighted by Gasteiger charge is -2.27. The number of carbonyl (C=O) groups is 1. The zero-order valence-corrected chi connectivity index (χ0v) is 9.88. The van der Waals surface area contributed by atoms with Crippen LogP contribution in [0.15, 0.2) is 12.3 Å². The highest BCUT2D eigenvalue weighted by Crippen LogP contribution is 2.07. The number of rotatable bonds is 6. The van der Waals surface area contributed by atoms with E-state index in [1.807, 2.05) is 0 Å². The number of hydrazine groups is 2. The Labute approximate surface area is 108 Å². The second-order valence-corrected chi connectivity index (χ2v) is 3.79. The number of nitrogens with one attached hydrogen (secondary N) is 2. The molecule has 0 amide bonds.